The molecule has 0 aliphatic rings. The zero-order valence-corrected chi connectivity index (χ0v) is 13.0. The van der Waals surface area contributed by atoms with Gasteiger partial charge in [0.05, 0.1) is 0 Å². The van der Waals surface area contributed by atoms with E-state index in [2.05, 4.69) is 35.8 Å². The number of aromatic nitrogens is 2. The Kier molecular flexibility index (Phi) is 8.55. The molecule has 1 rings (SSSR count). The van der Waals surface area contributed by atoms with Crippen molar-refractivity contribution in [3.8, 4) is 0 Å². The van der Waals surface area contributed by atoms with Crippen LogP contribution in [0.2, 0.25) is 0 Å². The van der Waals surface area contributed by atoms with Crippen molar-refractivity contribution in [2.75, 3.05) is 13.1 Å². The van der Waals surface area contributed by atoms with Crippen LogP contribution in [0.4, 0.5) is 0 Å². The third kappa shape index (κ3) is 6.76. The van der Waals surface area contributed by atoms with E-state index in [-0.39, 0.29) is 0 Å². The first-order valence-electron chi connectivity index (χ1n) is 7.93. The van der Waals surface area contributed by atoms with Crippen LogP contribution in [-0.4, -0.2) is 22.6 Å². The van der Waals surface area contributed by atoms with Gasteiger partial charge >= 0.3 is 0 Å². The molecule has 0 saturated heterocycles. The second-order valence-electron chi connectivity index (χ2n) is 5.48. The lowest BCUT2D eigenvalue weighted by molar-refractivity contribution is 0.562. The number of hydrogen-bond donors (Lipinski definition) is 1. The number of nitrogens with zero attached hydrogens (tertiary/aromatic N) is 2. The van der Waals surface area contributed by atoms with Crippen molar-refractivity contribution in [2.45, 2.75) is 65.2 Å². The fourth-order valence-electron chi connectivity index (χ4n) is 2.33. The molecule has 1 aromatic rings. The lowest BCUT2D eigenvalue weighted by atomic mass is 10.1. The van der Waals surface area contributed by atoms with Gasteiger partial charge in [-0.3, -0.25) is 0 Å². The first-order valence-corrected chi connectivity index (χ1v) is 7.93. The van der Waals surface area contributed by atoms with Crippen LogP contribution >= 0.6 is 0 Å². The van der Waals surface area contributed by atoms with Crippen LogP contribution in [0.5, 0.6) is 0 Å². The van der Waals surface area contributed by atoms with Gasteiger partial charge < -0.3 is 9.88 Å². The summed E-state index contributed by atoms with van der Waals surface area (Å²) in [5.74, 6) is 1.11. The molecule has 0 aliphatic heterocycles. The molecule has 0 fully saturated rings. The minimum Gasteiger partial charge on any atom is -0.335 e. The van der Waals surface area contributed by atoms with Gasteiger partial charge in [0.15, 0.2) is 0 Å². The van der Waals surface area contributed by atoms with E-state index in [1.807, 2.05) is 6.20 Å². The molecule has 0 aliphatic carbocycles. The number of aryl methyl sites for hydroxylation is 2. The molecule has 0 saturated carbocycles. The van der Waals surface area contributed by atoms with Crippen molar-refractivity contribution in [2.24, 2.45) is 7.05 Å². The highest BCUT2D eigenvalue weighted by Gasteiger charge is 2.01. The predicted molar refractivity (Wildman–Crippen MR) is 82.5 cm³/mol. The third-order valence-corrected chi connectivity index (χ3v) is 3.81. The fraction of sp³-hybridized carbons (Fsp3) is 0.812. The highest BCUT2D eigenvalue weighted by Crippen LogP contribution is 2.05. The second-order valence-corrected chi connectivity index (χ2v) is 5.48. The van der Waals surface area contributed by atoms with E-state index in [9.17, 15) is 0 Å². The zero-order chi connectivity index (χ0) is 13.9. The summed E-state index contributed by atoms with van der Waals surface area (Å²) in [5, 5.41) is 3.54. The Balaban J connectivity index is 1.90. The van der Waals surface area contributed by atoms with E-state index < -0.39 is 0 Å². The van der Waals surface area contributed by atoms with Gasteiger partial charge in [-0.05, 0) is 39.3 Å². The molecule has 110 valence electrons. The summed E-state index contributed by atoms with van der Waals surface area (Å²) in [6.07, 6.45) is 12.6. The van der Waals surface area contributed by atoms with Crippen LogP contribution in [0.15, 0.2) is 6.20 Å². The number of imidazole rings is 1. The number of unbranched alkanes of at least 4 members (excludes halogenated alkanes) is 5. The van der Waals surface area contributed by atoms with Crippen molar-refractivity contribution >= 4 is 0 Å². The topological polar surface area (TPSA) is 29.9 Å². The molecule has 1 heterocycles. The molecule has 19 heavy (non-hydrogen) atoms. The van der Waals surface area contributed by atoms with E-state index in [0.717, 1.165) is 18.8 Å². The summed E-state index contributed by atoms with van der Waals surface area (Å²) < 4.78 is 2.19. The van der Waals surface area contributed by atoms with Gasteiger partial charge in [-0.2, -0.15) is 0 Å². The first kappa shape index (κ1) is 16.2. The molecule has 3 heteroatoms. The molecule has 0 spiro atoms. The van der Waals surface area contributed by atoms with E-state index in [1.165, 1.54) is 57.2 Å². The lowest BCUT2D eigenvalue weighted by Gasteiger charge is -2.06. The zero-order valence-electron chi connectivity index (χ0n) is 13.0. The molecule has 0 aromatic carbocycles. The summed E-state index contributed by atoms with van der Waals surface area (Å²) in [6.45, 7) is 6.63. The van der Waals surface area contributed by atoms with Crippen molar-refractivity contribution in [3.05, 3.63) is 17.7 Å². The maximum absolute atomic E-state index is 4.32. The molecule has 0 radical (unpaired) electrons. The molecule has 1 N–H and O–H groups in total. The quantitative estimate of drug-likeness (QED) is 0.619. The van der Waals surface area contributed by atoms with Gasteiger partial charge in [-0.1, -0.05) is 39.0 Å². The summed E-state index contributed by atoms with van der Waals surface area (Å²) >= 11 is 0. The Labute approximate surface area is 118 Å². The van der Waals surface area contributed by atoms with Crippen molar-refractivity contribution in [3.63, 3.8) is 0 Å². The highest BCUT2D eigenvalue weighted by molar-refractivity contribution is 5.03. The van der Waals surface area contributed by atoms with Gasteiger partial charge in [0.25, 0.3) is 0 Å². The Morgan fingerprint density at radius 2 is 1.74 bits per heavy atom. The third-order valence-electron chi connectivity index (χ3n) is 3.81. The Morgan fingerprint density at radius 1 is 1.05 bits per heavy atom. The standard InChI is InChI=1S/C16H31N3/c1-4-5-6-7-8-9-12-17-13-10-11-16-14-18-15(2)19(16)3/h14,17H,4-13H2,1-3H3. The molecule has 0 atom stereocenters. The molecular formula is C16H31N3. The van der Waals surface area contributed by atoms with Crippen LogP contribution < -0.4 is 5.32 Å². The highest BCUT2D eigenvalue weighted by atomic mass is 15.0. The summed E-state index contributed by atoms with van der Waals surface area (Å²) in [6, 6.07) is 0. The largest absolute Gasteiger partial charge is 0.335 e. The second kappa shape index (κ2) is 10.0. The average Bonchev–Trinajstić information content (AvgIpc) is 2.73. The molecule has 1 aromatic heterocycles. The van der Waals surface area contributed by atoms with Crippen LogP contribution in [0.25, 0.3) is 0 Å². The van der Waals surface area contributed by atoms with E-state index >= 15 is 0 Å². The van der Waals surface area contributed by atoms with E-state index in [0.29, 0.717) is 0 Å². The smallest absolute Gasteiger partial charge is 0.105 e. The molecule has 3 nitrogen and oxygen atoms in total. The normalized spacial score (nSPS) is 11.1. The van der Waals surface area contributed by atoms with Gasteiger partial charge in [0, 0.05) is 18.9 Å². The van der Waals surface area contributed by atoms with Gasteiger partial charge in [0.1, 0.15) is 5.82 Å². The summed E-state index contributed by atoms with van der Waals surface area (Å²) in [5.41, 5.74) is 1.35. The number of hydrogen-bond acceptors (Lipinski definition) is 2. The van der Waals surface area contributed by atoms with Crippen LogP contribution in [-0.2, 0) is 13.5 Å². The SMILES string of the molecule is CCCCCCCCNCCCc1cnc(C)n1C. The number of rotatable bonds is 11. The molecule has 0 bridgehead atoms. The molecular weight excluding hydrogens is 234 g/mol. The summed E-state index contributed by atoms with van der Waals surface area (Å²) in [7, 11) is 2.10. The Bertz CT molecular complexity index is 331. The fourth-order valence-corrected chi connectivity index (χ4v) is 2.33. The van der Waals surface area contributed by atoms with Crippen LogP contribution in [0.1, 0.15) is 63.4 Å². The van der Waals surface area contributed by atoms with Gasteiger partial charge in [0.2, 0.25) is 0 Å². The average molecular weight is 265 g/mol. The van der Waals surface area contributed by atoms with Gasteiger partial charge in [-0.25, -0.2) is 4.98 Å². The van der Waals surface area contributed by atoms with Crippen LogP contribution in [0.3, 0.4) is 0 Å². The van der Waals surface area contributed by atoms with Crippen LogP contribution in [0, 0.1) is 6.92 Å². The van der Waals surface area contributed by atoms with Gasteiger partial charge in [-0.15, -0.1) is 0 Å². The number of nitrogens with one attached hydrogen (secondary N) is 1. The molecule has 0 unspecified atom stereocenters. The van der Waals surface area contributed by atoms with E-state index in [4.69, 9.17) is 0 Å². The minimum atomic E-state index is 1.11. The van der Waals surface area contributed by atoms with Crippen molar-refractivity contribution < 1.29 is 0 Å². The van der Waals surface area contributed by atoms with Crippen molar-refractivity contribution in [1.82, 2.24) is 14.9 Å². The first-order chi connectivity index (χ1) is 9.25. The summed E-state index contributed by atoms with van der Waals surface area (Å²) in [4.78, 5) is 4.32. The minimum absolute atomic E-state index is 1.11. The Morgan fingerprint density at radius 3 is 2.42 bits per heavy atom. The van der Waals surface area contributed by atoms with E-state index in [1.54, 1.807) is 0 Å². The Hall–Kier alpha value is -0.830. The monoisotopic (exact) mass is 265 g/mol. The van der Waals surface area contributed by atoms with Crippen molar-refractivity contribution in [1.29, 1.82) is 0 Å². The predicted octanol–water partition coefficient (Wildman–Crippen LogP) is 3.61. The molecule has 0 amide bonds. The maximum Gasteiger partial charge on any atom is 0.105 e. The lowest BCUT2D eigenvalue weighted by Crippen LogP contribution is -2.17. The maximum atomic E-state index is 4.32.